The molecule has 0 unspecified atom stereocenters. The van der Waals surface area contributed by atoms with Crippen molar-refractivity contribution in [2.24, 2.45) is 5.73 Å². The summed E-state index contributed by atoms with van der Waals surface area (Å²) in [4.78, 5) is 25.1. The van der Waals surface area contributed by atoms with E-state index in [0.717, 1.165) is 25.6 Å². The Morgan fingerprint density at radius 3 is 1.82 bits per heavy atom. The molecule has 0 spiro atoms. The van der Waals surface area contributed by atoms with Crippen molar-refractivity contribution in [3.8, 4) is 11.5 Å². The zero-order valence-electron chi connectivity index (χ0n) is 20.4. The van der Waals surface area contributed by atoms with Gasteiger partial charge >= 0.3 is 0 Å². The summed E-state index contributed by atoms with van der Waals surface area (Å²) in [5.41, 5.74) is 8.86. The first-order chi connectivity index (χ1) is 18.4. The van der Waals surface area contributed by atoms with Crippen LogP contribution in [0.1, 0.15) is 27.0 Å². The topological polar surface area (TPSA) is 90.7 Å². The molecule has 4 rings (SSSR count). The summed E-state index contributed by atoms with van der Waals surface area (Å²) < 4.78 is 13.7. The van der Waals surface area contributed by atoms with E-state index in [1.807, 2.05) is 84.9 Å². The summed E-state index contributed by atoms with van der Waals surface area (Å²) in [5, 5.41) is 2.75. The normalized spacial score (nSPS) is 11.4. The molecule has 0 bridgehead atoms. The lowest BCUT2D eigenvalue weighted by Gasteiger charge is -2.18. The number of carbonyl (C=O) groups excluding carboxylic acids is 2. The molecule has 3 N–H and O–H groups in total. The molecule has 0 saturated carbocycles. The minimum atomic E-state index is -0.918. The summed E-state index contributed by atoms with van der Waals surface area (Å²) in [7, 11) is 0. The van der Waals surface area contributed by atoms with E-state index >= 15 is 0 Å². The second-order valence-electron chi connectivity index (χ2n) is 8.62. The van der Waals surface area contributed by atoms with Gasteiger partial charge in [0.1, 0.15) is 19.3 Å². The molecule has 0 aliphatic heterocycles. The largest absolute Gasteiger partial charge is 0.485 e. The zero-order chi connectivity index (χ0) is 26.9. The van der Waals surface area contributed by atoms with Crippen molar-refractivity contribution in [2.75, 3.05) is 0 Å². The van der Waals surface area contributed by atoms with Gasteiger partial charge in [0.15, 0.2) is 11.5 Å². The molecule has 0 saturated heterocycles. The van der Waals surface area contributed by atoms with E-state index in [2.05, 4.69) is 37.2 Å². The second kappa shape index (κ2) is 13.3. The van der Waals surface area contributed by atoms with Crippen LogP contribution in [0.5, 0.6) is 11.5 Å². The van der Waals surface area contributed by atoms with Crippen LogP contribution in [0.2, 0.25) is 0 Å². The molecule has 194 valence electrons. The molecule has 0 heterocycles. The maximum Gasteiger partial charge on any atom is 0.252 e. The Hall–Kier alpha value is -3.62. The number of carbonyl (C=O) groups is 2. The van der Waals surface area contributed by atoms with E-state index in [9.17, 15) is 9.59 Å². The average Bonchev–Trinajstić information content (AvgIpc) is 2.91. The SMILES string of the molecule is NC(=O)[C@H](Cc1ccc(OCc2ccccc2)c(OCc2ccccc2)c1)NC(=O)c1cc(Br)cc(Br)c1. The minimum absolute atomic E-state index is 0.191. The Kier molecular flexibility index (Phi) is 9.56. The van der Waals surface area contributed by atoms with Gasteiger partial charge in [0.05, 0.1) is 0 Å². The third-order valence-electron chi connectivity index (χ3n) is 5.70. The Labute approximate surface area is 238 Å². The molecule has 8 heteroatoms. The quantitative estimate of drug-likeness (QED) is 0.205. The number of primary amides is 1. The van der Waals surface area contributed by atoms with Crippen LogP contribution in [0, 0.1) is 0 Å². The van der Waals surface area contributed by atoms with Crippen molar-refractivity contribution in [2.45, 2.75) is 25.7 Å². The summed E-state index contributed by atoms with van der Waals surface area (Å²) in [6.07, 6.45) is 0.191. The van der Waals surface area contributed by atoms with Gasteiger partial charge in [-0.2, -0.15) is 0 Å². The Morgan fingerprint density at radius 1 is 0.711 bits per heavy atom. The van der Waals surface area contributed by atoms with Gasteiger partial charge < -0.3 is 20.5 Å². The predicted octanol–water partition coefficient (Wildman–Crippen LogP) is 6.20. The smallest absolute Gasteiger partial charge is 0.252 e. The molecule has 0 fully saturated rings. The Morgan fingerprint density at radius 2 is 1.26 bits per heavy atom. The van der Waals surface area contributed by atoms with E-state index in [-0.39, 0.29) is 6.42 Å². The van der Waals surface area contributed by atoms with E-state index < -0.39 is 17.9 Å². The van der Waals surface area contributed by atoms with Crippen molar-refractivity contribution in [3.05, 3.63) is 128 Å². The van der Waals surface area contributed by atoms with E-state index in [0.29, 0.717) is 30.3 Å². The van der Waals surface area contributed by atoms with Gasteiger partial charge in [-0.25, -0.2) is 0 Å². The van der Waals surface area contributed by atoms with E-state index in [1.54, 1.807) is 12.1 Å². The Balaban J connectivity index is 1.52. The molecule has 2 amide bonds. The van der Waals surface area contributed by atoms with Gasteiger partial charge in [0.25, 0.3) is 5.91 Å². The first-order valence-corrected chi connectivity index (χ1v) is 13.5. The van der Waals surface area contributed by atoms with Crippen LogP contribution in [-0.2, 0) is 24.4 Å². The fourth-order valence-electron chi connectivity index (χ4n) is 3.77. The summed E-state index contributed by atoms with van der Waals surface area (Å²) in [6, 6.07) is 29.4. The number of benzene rings is 4. The highest BCUT2D eigenvalue weighted by Crippen LogP contribution is 2.31. The maximum absolute atomic E-state index is 12.8. The van der Waals surface area contributed by atoms with Crippen LogP contribution >= 0.6 is 31.9 Å². The standard InChI is InChI=1S/C30H26Br2N2O4/c31-24-15-23(16-25(32)17-24)30(36)34-26(29(33)35)13-22-11-12-27(37-18-20-7-3-1-4-8-20)28(14-22)38-19-21-9-5-2-6-10-21/h1-12,14-17,26H,13,18-19H2,(H2,33,35)(H,34,36)/t26-/m0/s1. The lowest BCUT2D eigenvalue weighted by atomic mass is 10.0. The highest BCUT2D eigenvalue weighted by molar-refractivity contribution is 9.11. The van der Waals surface area contributed by atoms with Crippen molar-refractivity contribution in [3.63, 3.8) is 0 Å². The van der Waals surface area contributed by atoms with Crippen LogP contribution in [0.15, 0.2) is 106 Å². The van der Waals surface area contributed by atoms with Gasteiger partial charge in [0, 0.05) is 20.9 Å². The van der Waals surface area contributed by atoms with Gasteiger partial charge in [-0.15, -0.1) is 0 Å². The highest BCUT2D eigenvalue weighted by atomic mass is 79.9. The molecule has 4 aromatic carbocycles. The van der Waals surface area contributed by atoms with Gasteiger partial charge in [-0.3, -0.25) is 9.59 Å². The molecular formula is C30H26Br2N2O4. The molecule has 0 aliphatic carbocycles. The summed E-state index contributed by atoms with van der Waals surface area (Å²) in [6.45, 7) is 0.726. The molecule has 4 aromatic rings. The number of amides is 2. The van der Waals surface area contributed by atoms with Crippen molar-refractivity contribution in [1.82, 2.24) is 5.32 Å². The first kappa shape index (κ1) is 27.4. The van der Waals surface area contributed by atoms with Crippen LogP contribution in [0.3, 0.4) is 0 Å². The Bertz CT molecular complexity index is 1380. The molecule has 6 nitrogen and oxygen atoms in total. The van der Waals surface area contributed by atoms with Gasteiger partial charge in [0.2, 0.25) is 5.91 Å². The average molecular weight is 638 g/mol. The van der Waals surface area contributed by atoms with Gasteiger partial charge in [-0.1, -0.05) is 98.6 Å². The minimum Gasteiger partial charge on any atom is -0.485 e. The number of rotatable bonds is 11. The molecular weight excluding hydrogens is 612 g/mol. The lowest BCUT2D eigenvalue weighted by Crippen LogP contribution is -2.45. The monoisotopic (exact) mass is 636 g/mol. The zero-order valence-corrected chi connectivity index (χ0v) is 23.6. The third kappa shape index (κ3) is 7.94. The number of nitrogens with one attached hydrogen (secondary N) is 1. The molecule has 1 atom stereocenters. The maximum atomic E-state index is 12.8. The summed E-state index contributed by atoms with van der Waals surface area (Å²) in [5.74, 6) is 0.0719. The lowest BCUT2D eigenvalue weighted by molar-refractivity contribution is -0.119. The van der Waals surface area contributed by atoms with Crippen LogP contribution < -0.4 is 20.5 Å². The van der Waals surface area contributed by atoms with Crippen molar-refractivity contribution in [1.29, 1.82) is 0 Å². The number of hydrogen-bond donors (Lipinski definition) is 2. The second-order valence-corrected chi connectivity index (χ2v) is 10.5. The van der Waals surface area contributed by atoms with E-state index in [4.69, 9.17) is 15.2 Å². The van der Waals surface area contributed by atoms with Crippen molar-refractivity contribution < 1.29 is 19.1 Å². The summed E-state index contributed by atoms with van der Waals surface area (Å²) >= 11 is 6.75. The van der Waals surface area contributed by atoms with Crippen LogP contribution in [0.25, 0.3) is 0 Å². The van der Waals surface area contributed by atoms with E-state index in [1.165, 1.54) is 0 Å². The first-order valence-electron chi connectivity index (χ1n) is 11.9. The number of nitrogens with two attached hydrogens (primary N) is 1. The molecule has 38 heavy (non-hydrogen) atoms. The van der Waals surface area contributed by atoms with Crippen LogP contribution in [0.4, 0.5) is 0 Å². The number of hydrogen-bond acceptors (Lipinski definition) is 4. The molecule has 0 aliphatic rings. The fourth-order valence-corrected chi connectivity index (χ4v) is 5.06. The van der Waals surface area contributed by atoms with Crippen LogP contribution in [-0.4, -0.2) is 17.9 Å². The highest BCUT2D eigenvalue weighted by Gasteiger charge is 2.21. The number of halogens is 2. The molecule has 0 aromatic heterocycles. The predicted molar refractivity (Wildman–Crippen MR) is 154 cm³/mol. The number of ether oxygens (including phenoxy) is 2. The molecule has 0 radical (unpaired) electrons. The fraction of sp³-hybridized carbons (Fsp3) is 0.133. The van der Waals surface area contributed by atoms with Crippen molar-refractivity contribution >= 4 is 43.7 Å². The third-order valence-corrected chi connectivity index (χ3v) is 6.61. The van der Waals surface area contributed by atoms with Gasteiger partial charge in [-0.05, 0) is 47.0 Å².